The highest BCUT2D eigenvalue weighted by atomic mass is 28.6. The van der Waals surface area contributed by atoms with Gasteiger partial charge in [0.25, 0.3) is 0 Å². The summed E-state index contributed by atoms with van der Waals surface area (Å²) in [5, 5.41) is 4.46. The second-order valence-corrected chi connectivity index (χ2v) is 84.4. The van der Waals surface area contributed by atoms with E-state index < -0.39 is 120 Å². The zero-order valence-electron chi connectivity index (χ0n) is 69.0. The van der Waals surface area contributed by atoms with Crippen LogP contribution in [0.15, 0.2) is 243 Å². The van der Waals surface area contributed by atoms with Gasteiger partial charge < -0.3 is 66.5 Å². The largest absolute Gasteiger partial charge is 0.515 e. The first-order chi connectivity index (χ1) is 52.0. The third-order valence-electron chi connectivity index (χ3n) is 18.4. The summed E-state index contributed by atoms with van der Waals surface area (Å²) in [6.07, 6.45) is 9.37. The molecule has 14 rings (SSSR count). The van der Waals surface area contributed by atoms with Gasteiger partial charge in [0.2, 0.25) is 0 Å². The van der Waals surface area contributed by atoms with Crippen LogP contribution >= 0.6 is 0 Å². The Balaban J connectivity index is 0.000000458. The lowest BCUT2D eigenvalue weighted by Gasteiger charge is -2.58. The summed E-state index contributed by atoms with van der Waals surface area (Å²) in [5.41, 5.74) is 0. The van der Waals surface area contributed by atoms with Crippen molar-refractivity contribution in [3.63, 3.8) is 0 Å². The SMILES string of the molecule is CC.CCC1CCC2OC2C1.CCC[Si](C)(C)O[Si](C)(C)CCC.C[Si](C)(C)O[Si]1(c2ccccc2)O[Si]2(c3ccccc3)O[Si](O[Si](C)(C)C)(c3ccccc3)O[Si](c3ccccc3)(O1)O[Si]1(c3ccccc3)O[Si](O[Si](C)(C)C)(c3ccccc3)O[Si](c3ccccc3)(O[Si](O[Si](C)(C)C)(c3ccccc3)O1)O2. The number of epoxide rings is 1. The van der Waals surface area contributed by atoms with Crippen LogP contribution in [0.3, 0.4) is 0 Å². The highest BCUT2D eigenvalue weighted by Crippen LogP contribution is 2.46. The molecule has 0 amide bonds. The summed E-state index contributed by atoms with van der Waals surface area (Å²) in [5.74, 6) is 0.980. The van der Waals surface area contributed by atoms with Crippen LogP contribution < -0.4 is 41.5 Å². The molecule has 16 nitrogen and oxygen atoms in total. The van der Waals surface area contributed by atoms with Gasteiger partial charge in [-0.25, -0.2) is 0 Å². The minimum atomic E-state index is -5.23. The van der Waals surface area contributed by atoms with Crippen molar-refractivity contribution in [1.29, 1.82) is 0 Å². The van der Waals surface area contributed by atoms with Crippen molar-refractivity contribution in [1.82, 2.24) is 0 Å². The predicted octanol–water partition coefficient (Wildman–Crippen LogP) is 15.6. The van der Waals surface area contributed by atoms with E-state index in [4.69, 9.17) is 66.5 Å². The molecule has 5 heterocycles. The Morgan fingerprint density at radius 2 is 0.491 bits per heavy atom. The van der Waals surface area contributed by atoms with Gasteiger partial charge in [0.05, 0.1) is 12.2 Å². The first-order valence-corrected chi connectivity index (χ1v) is 73.2. The van der Waals surface area contributed by atoms with E-state index in [-0.39, 0.29) is 0 Å². The number of rotatable bonds is 23. The van der Waals surface area contributed by atoms with E-state index in [2.05, 4.69) is 126 Å². The van der Waals surface area contributed by atoms with E-state index in [0.717, 1.165) is 5.92 Å². The van der Waals surface area contributed by atoms with Crippen molar-refractivity contribution in [3.05, 3.63) is 243 Å². The minimum Gasteiger partial charge on any atom is -0.455 e. The summed E-state index contributed by atoms with van der Waals surface area (Å²) in [6, 6.07) is 81.1. The van der Waals surface area contributed by atoms with Crippen molar-refractivity contribution in [2.24, 2.45) is 5.92 Å². The first-order valence-electron chi connectivity index (χ1n) is 39.6. The average molecular weight is 1730 g/mol. The molecule has 0 radical (unpaired) electrons. The van der Waals surface area contributed by atoms with Crippen molar-refractivity contribution >= 4 is 162 Å². The molecule has 0 aromatic heterocycles. The highest BCUT2D eigenvalue weighted by molar-refractivity contribution is 7.11. The molecule has 8 aromatic rings. The van der Waals surface area contributed by atoms with Gasteiger partial charge in [-0.15, -0.1) is 0 Å². The Hall–Kier alpha value is -3.84. The van der Waals surface area contributed by atoms with E-state index in [1.54, 1.807) is 0 Å². The quantitative estimate of drug-likeness (QED) is 0.0441. The van der Waals surface area contributed by atoms with Gasteiger partial charge >= 0.3 is 70.4 Å². The van der Waals surface area contributed by atoms with Gasteiger partial charge in [0.1, 0.15) is 0 Å². The van der Waals surface area contributed by atoms with Crippen LogP contribution in [0.5, 0.6) is 0 Å². The summed E-state index contributed by atoms with van der Waals surface area (Å²) >= 11 is 0. The van der Waals surface area contributed by atoms with E-state index >= 15 is 0 Å². The lowest BCUT2D eigenvalue weighted by atomic mass is 9.88. The van der Waals surface area contributed by atoms with Crippen LogP contribution in [-0.4, -0.2) is 133 Å². The fraction of sp³-hybridized carbons (Fsp3) is 0.400. The van der Waals surface area contributed by atoms with Crippen LogP contribution in [-0.2, 0) is 66.5 Å². The monoisotopic (exact) mass is 1730 g/mol. The molecule has 30 heteroatoms. The number of fused-ring (bicyclic) bond motifs is 5. The predicted molar refractivity (Wildman–Crippen MR) is 477 cm³/mol. The van der Waals surface area contributed by atoms with E-state index in [1.807, 2.05) is 257 Å². The highest BCUT2D eigenvalue weighted by Gasteiger charge is 2.81. The Labute approximate surface area is 673 Å². The second-order valence-electron chi connectivity index (χ2n) is 33.7. The number of hydrogen-bond acceptors (Lipinski definition) is 16. The van der Waals surface area contributed by atoms with Crippen LogP contribution in [0.1, 0.15) is 73.1 Å². The van der Waals surface area contributed by atoms with Gasteiger partial charge in [-0.3, -0.25) is 0 Å². The molecular weight excluding hydrogens is 1610 g/mol. The summed E-state index contributed by atoms with van der Waals surface area (Å²) in [4.78, 5) is 0. The fourth-order valence-corrected chi connectivity index (χ4v) is 79.7. The zero-order valence-corrected chi connectivity index (χ0v) is 83.0. The molecule has 1 aliphatic carbocycles. The lowest BCUT2D eigenvalue weighted by Crippen LogP contribution is -2.91. The first kappa shape index (κ1) is 88.5. The summed E-state index contributed by atoms with van der Waals surface area (Å²) in [6.45, 7) is 45.7. The lowest BCUT2D eigenvalue weighted by molar-refractivity contribution is 0.0484. The van der Waals surface area contributed by atoms with Crippen molar-refractivity contribution in [3.8, 4) is 0 Å². The zero-order chi connectivity index (χ0) is 79.6. The third kappa shape index (κ3) is 22.3. The maximum Gasteiger partial charge on any atom is 0.515 e. The molecule has 3 atom stereocenters. The Morgan fingerprint density at radius 3 is 0.673 bits per heavy atom. The van der Waals surface area contributed by atoms with Gasteiger partial charge in [-0.2, -0.15) is 0 Å². The molecule has 1 saturated carbocycles. The molecule has 4 bridgehead atoms. The molecule has 0 N–H and O–H groups in total. The fourth-order valence-electron chi connectivity index (χ4n) is 14.3. The summed E-state index contributed by atoms with van der Waals surface area (Å²) in [7, 11) is -54.6. The van der Waals surface area contributed by atoms with Crippen molar-refractivity contribution in [2.75, 3.05) is 0 Å². The molecule has 6 fully saturated rings. The van der Waals surface area contributed by atoms with Crippen LogP contribution in [0.25, 0.3) is 0 Å². The molecule has 0 spiro atoms. The molecule has 3 unspecified atom stereocenters. The van der Waals surface area contributed by atoms with Crippen molar-refractivity contribution < 1.29 is 66.5 Å². The molecule has 6 aliphatic rings. The molecule has 8 aromatic carbocycles. The van der Waals surface area contributed by atoms with Gasteiger partial charge in [0, 0.05) is 41.5 Å². The van der Waals surface area contributed by atoms with E-state index in [0.29, 0.717) is 53.7 Å². The standard InChI is InChI=1S/C60H76O14Si12.C10H26OSi2.C8H14O.C2H6/c1-75(2,3)61-79(53-37-21-13-22-38-53)65-83(57-45-29-17-30-46-57)67-80(62-76(4,5)6,54-39-23-14-24-40-54)68-84(66-79,58-47-31-18-32-48-58)74-86(60-51-35-20-36-52-60)70-81(63-77(7,8)9,55-41-25-15-26-42-55)69-85(73-83,59-49-33-19-34-50-59)71-82(72-86,64-78(10,11)12)56-43-27-16-28-44-56;1-7-9-12(3,4)11-13(5,6)10-8-2;1-2-6-3-4-7-8(5-6)9-7;1-2/h13-52H,1-12H3;7-10H2,1-6H3;6-8H,2-5H2,1H3;1-2H3. The Morgan fingerprint density at radius 1 is 0.282 bits per heavy atom. The topological polar surface area (TPSA) is 151 Å². The van der Waals surface area contributed by atoms with Crippen LogP contribution in [0.2, 0.25) is 117 Å². The summed E-state index contributed by atoms with van der Waals surface area (Å²) < 4.78 is 130. The maximum atomic E-state index is 8.78. The maximum absolute atomic E-state index is 8.78. The van der Waals surface area contributed by atoms with Crippen molar-refractivity contribution in [2.45, 2.75) is 202 Å². The van der Waals surface area contributed by atoms with Gasteiger partial charge in [0.15, 0.2) is 49.9 Å². The Kier molecular flexibility index (Phi) is 29.3. The minimum absolute atomic E-state index is 0.515. The van der Waals surface area contributed by atoms with Gasteiger partial charge in [-0.05, 0) is 142 Å². The third-order valence-corrected chi connectivity index (χ3v) is 70.2. The van der Waals surface area contributed by atoms with Gasteiger partial charge in [-0.1, -0.05) is 297 Å². The smallest absolute Gasteiger partial charge is 0.455 e. The number of hydrogen-bond donors (Lipinski definition) is 0. The number of benzene rings is 8. The molecule has 5 aliphatic heterocycles. The normalized spacial score (nSPS) is 28.5. The van der Waals surface area contributed by atoms with Crippen LogP contribution in [0.4, 0.5) is 0 Å². The second kappa shape index (κ2) is 36.3. The average Bonchev–Trinajstić information content (AvgIpc) is 1.13. The molecule has 594 valence electrons. The van der Waals surface area contributed by atoms with E-state index in [9.17, 15) is 0 Å². The molecular formula is C80H122O16Si14. The molecule has 5 saturated heterocycles. The number of ether oxygens (including phenoxy) is 1. The molecule has 110 heavy (non-hydrogen) atoms. The van der Waals surface area contributed by atoms with E-state index in [1.165, 1.54) is 50.6 Å². The van der Waals surface area contributed by atoms with Crippen LogP contribution in [0, 0.1) is 5.92 Å². The Bertz CT molecular complexity index is 3630.